The highest BCUT2D eigenvalue weighted by Gasteiger charge is 2.29. The zero-order chi connectivity index (χ0) is 24.4. The van der Waals surface area contributed by atoms with Gasteiger partial charge in [0.2, 0.25) is 11.1 Å². The van der Waals surface area contributed by atoms with Gasteiger partial charge in [0.25, 0.3) is 0 Å². The number of nitrogens with one attached hydrogen (secondary N) is 1. The molecule has 0 radical (unpaired) electrons. The molecule has 3 N–H and O–H groups in total. The van der Waals surface area contributed by atoms with Gasteiger partial charge in [-0.1, -0.05) is 48.5 Å². The third-order valence-corrected chi connectivity index (χ3v) is 7.73. The van der Waals surface area contributed by atoms with Crippen LogP contribution in [0.15, 0.2) is 29.4 Å². The lowest BCUT2D eigenvalue weighted by Crippen LogP contribution is -2.19. The number of hydrogen-bond acceptors (Lipinski definition) is 8. The summed E-state index contributed by atoms with van der Waals surface area (Å²) in [5.74, 6) is 6.73. The minimum absolute atomic E-state index is 0.0842. The highest BCUT2D eigenvalue weighted by molar-refractivity contribution is 7.99. The number of thiophene rings is 1. The van der Waals surface area contributed by atoms with E-state index in [4.69, 9.17) is 10.6 Å². The maximum atomic E-state index is 12.8. The van der Waals surface area contributed by atoms with Crippen molar-refractivity contribution in [1.29, 1.82) is 0 Å². The molecule has 0 spiro atoms. The molecule has 0 saturated carbocycles. The number of rotatable bonds is 7. The first-order valence-corrected chi connectivity index (χ1v) is 13.1. The number of carbonyl (C=O) groups excluding carboxylic acids is 2. The molecular weight excluding hydrogens is 470 g/mol. The van der Waals surface area contributed by atoms with Gasteiger partial charge in [0.1, 0.15) is 5.00 Å². The molecule has 1 atom stereocenters. The van der Waals surface area contributed by atoms with Crippen LogP contribution in [0.4, 0.5) is 5.00 Å². The molecule has 1 aromatic carbocycles. The minimum Gasteiger partial charge on any atom is -0.459 e. The van der Waals surface area contributed by atoms with Crippen LogP contribution in [-0.4, -0.2) is 38.6 Å². The van der Waals surface area contributed by atoms with Gasteiger partial charge in [-0.05, 0) is 51.5 Å². The molecule has 2 heterocycles. The summed E-state index contributed by atoms with van der Waals surface area (Å²) in [6.45, 7) is 7.86. The minimum atomic E-state index is -0.380. The zero-order valence-corrected chi connectivity index (χ0v) is 21.4. The number of nitrogens with two attached hydrogens (primary N) is 1. The van der Waals surface area contributed by atoms with Gasteiger partial charge in [0, 0.05) is 10.4 Å². The van der Waals surface area contributed by atoms with Crippen LogP contribution in [0, 0.1) is 12.8 Å². The molecule has 4 rings (SSSR count). The average Bonchev–Trinajstić information content (AvgIpc) is 3.31. The van der Waals surface area contributed by atoms with Crippen molar-refractivity contribution in [3.63, 3.8) is 0 Å². The van der Waals surface area contributed by atoms with E-state index >= 15 is 0 Å². The topological polar surface area (TPSA) is 112 Å². The van der Waals surface area contributed by atoms with E-state index in [1.165, 1.54) is 27.8 Å². The van der Waals surface area contributed by atoms with E-state index < -0.39 is 0 Å². The fraction of sp³-hybridized carbons (Fsp3) is 0.417. The Labute approximate surface area is 207 Å². The number of carbonyl (C=O) groups is 2. The fourth-order valence-electron chi connectivity index (χ4n) is 3.90. The number of amides is 1. The zero-order valence-electron chi connectivity index (χ0n) is 19.8. The van der Waals surface area contributed by atoms with Gasteiger partial charge in [-0.3, -0.25) is 4.79 Å². The molecule has 8 nitrogen and oxygen atoms in total. The number of ether oxygens (including phenoxy) is 1. The lowest BCUT2D eigenvalue weighted by atomic mass is 9.88. The first-order valence-electron chi connectivity index (χ1n) is 11.3. The number of aromatic nitrogens is 3. The molecule has 0 aliphatic heterocycles. The van der Waals surface area contributed by atoms with E-state index in [1.807, 2.05) is 45.0 Å². The number of thioether (sulfide) groups is 1. The van der Waals surface area contributed by atoms with Crippen LogP contribution in [0.2, 0.25) is 0 Å². The predicted molar refractivity (Wildman–Crippen MR) is 136 cm³/mol. The third kappa shape index (κ3) is 5.28. The van der Waals surface area contributed by atoms with Gasteiger partial charge in [0.15, 0.2) is 5.82 Å². The van der Waals surface area contributed by atoms with Crippen molar-refractivity contribution in [1.82, 2.24) is 14.9 Å². The van der Waals surface area contributed by atoms with Crippen molar-refractivity contribution in [2.75, 3.05) is 16.9 Å². The molecular formula is C24H29N5O3S2. The smallest absolute Gasteiger partial charge is 0.341 e. The molecule has 34 heavy (non-hydrogen) atoms. The molecule has 0 saturated heterocycles. The molecule has 0 bridgehead atoms. The quantitative estimate of drug-likeness (QED) is 0.281. The van der Waals surface area contributed by atoms with Crippen LogP contribution in [0.1, 0.15) is 53.6 Å². The number of nitrogen functional groups attached to an aromatic ring is 1. The summed E-state index contributed by atoms with van der Waals surface area (Å²) in [5.41, 5.74) is 3.51. The Hall–Kier alpha value is -2.85. The standard InChI is InChI=1S/C24H29N5O3S2/c1-13(2)32-23(31)20-17-10-7-15(4)11-18(17)34-22(20)26-19(30)12-33-24-28-27-21(29(24)25)16-8-5-14(3)6-9-16/h5-6,8-9,13,15H,7,10-12,25H2,1-4H3,(H,26,30). The van der Waals surface area contributed by atoms with Crippen LogP contribution >= 0.6 is 23.1 Å². The predicted octanol–water partition coefficient (Wildman–Crippen LogP) is 4.45. The Bertz CT molecular complexity index is 1200. The molecule has 0 fully saturated rings. The van der Waals surface area contributed by atoms with Crippen molar-refractivity contribution < 1.29 is 14.3 Å². The normalized spacial score (nSPS) is 15.3. The molecule has 10 heteroatoms. The van der Waals surface area contributed by atoms with Crippen molar-refractivity contribution >= 4 is 40.0 Å². The molecule has 180 valence electrons. The van der Waals surface area contributed by atoms with Gasteiger partial charge in [0.05, 0.1) is 17.4 Å². The maximum Gasteiger partial charge on any atom is 0.341 e. The summed E-state index contributed by atoms with van der Waals surface area (Å²) in [4.78, 5) is 26.8. The fourth-order valence-corrected chi connectivity index (χ4v) is 5.97. The van der Waals surface area contributed by atoms with E-state index in [1.54, 1.807) is 0 Å². The first-order chi connectivity index (χ1) is 16.2. The summed E-state index contributed by atoms with van der Waals surface area (Å²) in [6, 6.07) is 7.82. The molecule has 1 unspecified atom stereocenters. The first kappa shape index (κ1) is 24.3. The molecule has 1 aliphatic rings. The van der Waals surface area contributed by atoms with Crippen molar-refractivity contribution in [2.24, 2.45) is 5.92 Å². The van der Waals surface area contributed by atoms with Crippen LogP contribution in [0.25, 0.3) is 11.4 Å². The van der Waals surface area contributed by atoms with E-state index in [-0.39, 0.29) is 23.7 Å². The molecule has 1 amide bonds. The van der Waals surface area contributed by atoms with Crippen LogP contribution in [0.3, 0.4) is 0 Å². The summed E-state index contributed by atoms with van der Waals surface area (Å²) in [7, 11) is 0. The second-order valence-corrected chi connectivity index (χ2v) is 10.9. The third-order valence-electron chi connectivity index (χ3n) is 5.62. The average molecular weight is 500 g/mol. The molecule has 1 aliphatic carbocycles. The number of anilines is 1. The Morgan fingerprint density at radius 1 is 1.29 bits per heavy atom. The Balaban J connectivity index is 1.47. The van der Waals surface area contributed by atoms with E-state index in [0.717, 1.165) is 40.8 Å². The summed E-state index contributed by atoms with van der Waals surface area (Å²) >= 11 is 2.67. The van der Waals surface area contributed by atoms with Crippen molar-refractivity contribution in [3.05, 3.63) is 45.8 Å². The lowest BCUT2D eigenvalue weighted by molar-refractivity contribution is -0.113. The van der Waals surface area contributed by atoms with Crippen LogP contribution in [-0.2, 0) is 22.4 Å². The van der Waals surface area contributed by atoms with E-state index in [9.17, 15) is 9.59 Å². The van der Waals surface area contributed by atoms with Crippen molar-refractivity contribution in [3.8, 4) is 11.4 Å². The largest absolute Gasteiger partial charge is 0.459 e. The van der Waals surface area contributed by atoms with Gasteiger partial charge >= 0.3 is 5.97 Å². The Kier molecular flexibility index (Phi) is 7.27. The van der Waals surface area contributed by atoms with Gasteiger partial charge in [-0.25, -0.2) is 9.47 Å². The van der Waals surface area contributed by atoms with Crippen LogP contribution in [0.5, 0.6) is 0 Å². The van der Waals surface area contributed by atoms with E-state index in [2.05, 4.69) is 22.4 Å². The SMILES string of the molecule is Cc1ccc(-c2nnc(SCC(=O)Nc3sc4c(c3C(=O)OC(C)C)CCC(C)C4)n2N)cc1. The highest BCUT2D eigenvalue weighted by atomic mass is 32.2. The van der Waals surface area contributed by atoms with E-state index in [0.29, 0.717) is 27.5 Å². The lowest BCUT2D eigenvalue weighted by Gasteiger charge is -2.18. The Morgan fingerprint density at radius 3 is 2.74 bits per heavy atom. The van der Waals surface area contributed by atoms with Crippen molar-refractivity contribution in [2.45, 2.75) is 58.2 Å². The summed E-state index contributed by atoms with van der Waals surface area (Å²) in [5, 5.41) is 12.2. The second-order valence-electron chi connectivity index (χ2n) is 8.89. The number of nitrogens with zero attached hydrogens (tertiary/aromatic N) is 3. The number of fused-ring (bicyclic) bond motifs is 1. The van der Waals surface area contributed by atoms with Gasteiger partial charge in [-0.2, -0.15) is 0 Å². The summed E-state index contributed by atoms with van der Waals surface area (Å²) in [6.07, 6.45) is 2.51. The number of aryl methyl sites for hydroxylation is 1. The monoisotopic (exact) mass is 499 g/mol. The number of benzene rings is 1. The highest BCUT2D eigenvalue weighted by Crippen LogP contribution is 2.40. The van der Waals surface area contributed by atoms with Gasteiger partial charge < -0.3 is 15.9 Å². The Morgan fingerprint density at radius 2 is 2.03 bits per heavy atom. The number of hydrogen-bond donors (Lipinski definition) is 2. The molecule has 2 aromatic heterocycles. The summed E-state index contributed by atoms with van der Waals surface area (Å²) < 4.78 is 6.87. The second kappa shape index (κ2) is 10.2. The van der Waals surface area contributed by atoms with Crippen LogP contribution < -0.4 is 11.2 Å². The maximum absolute atomic E-state index is 12.8. The van der Waals surface area contributed by atoms with Gasteiger partial charge in [-0.15, -0.1) is 21.5 Å². The number of esters is 1. The molecule has 3 aromatic rings.